The largest absolute Gasteiger partial charge is 0.379 e. The van der Waals surface area contributed by atoms with Gasteiger partial charge in [0.1, 0.15) is 0 Å². The molecule has 0 saturated carbocycles. The summed E-state index contributed by atoms with van der Waals surface area (Å²) in [6.07, 6.45) is 0. The van der Waals surface area contributed by atoms with Crippen LogP contribution in [0.1, 0.15) is 11.5 Å². The molecule has 1 unspecified atom stereocenters. The van der Waals surface area contributed by atoms with E-state index in [2.05, 4.69) is 16.5 Å². The quantitative estimate of drug-likeness (QED) is 0.844. The van der Waals surface area contributed by atoms with Gasteiger partial charge in [0.05, 0.1) is 25.2 Å². The molecule has 1 atom stereocenters. The van der Waals surface area contributed by atoms with Crippen LogP contribution in [0.25, 0.3) is 0 Å². The number of rotatable bonds is 4. The molecule has 0 amide bonds. The zero-order chi connectivity index (χ0) is 11.9. The Kier molecular flexibility index (Phi) is 4.51. The molecule has 90 valence electrons. The van der Waals surface area contributed by atoms with Crippen molar-refractivity contribution in [3.63, 3.8) is 0 Å². The summed E-state index contributed by atoms with van der Waals surface area (Å²) in [6, 6.07) is 12.2. The Morgan fingerprint density at radius 2 is 2.00 bits per heavy atom. The summed E-state index contributed by atoms with van der Waals surface area (Å²) in [4.78, 5) is 0. The second kappa shape index (κ2) is 6.36. The number of hydrogen-bond acceptors (Lipinski definition) is 4. The van der Waals surface area contributed by atoms with Gasteiger partial charge in [-0.3, -0.25) is 5.43 Å². The highest BCUT2D eigenvalue weighted by atomic mass is 16.5. The lowest BCUT2D eigenvalue weighted by Crippen LogP contribution is -2.46. The van der Waals surface area contributed by atoms with Crippen LogP contribution in [0.4, 0.5) is 0 Å². The SMILES string of the molecule is N#CC(CNN1CCOCC1)c1ccccc1. The van der Waals surface area contributed by atoms with Crippen molar-refractivity contribution < 1.29 is 4.74 Å². The van der Waals surface area contributed by atoms with Gasteiger partial charge in [-0.25, -0.2) is 5.01 Å². The van der Waals surface area contributed by atoms with E-state index in [0.717, 1.165) is 31.9 Å². The third-order valence-corrected chi connectivity index (χ3v) is 2.89. The summed E-state index contributed by atoms with van der Waals surface area (Å²) in [7, 11) is 0. The Labute approximate surface area is 102 Å². The third kappa shape index (κ3) is 3.53. The molecule has 0 bridgehead atoms. The predicted octanol–water partition coefficient (Wildman–Crippen LogP) is 1.13. The Balaban J connectivity index is 1.86. The molecular weight excluding hydrogens is 214 g/mol. The maximum Gasteiger partial charge on any atom is 0.0851 e. The lowest BCUT2D eigenvalue weighted by Gasteiger charge is -2.28. The number of morpholine rings is 1. The van der Waals surface area contributed by atoms with E-state index < -0.39 is 0 Å². The van der Waals surface area contributed by atoms with Gasteiger partial charge in [-0.2, -0.15) is 5.26 Å². The van der Waals surface area contributed by atoms with Crippen molar-refractivity contribution >= 4 is 0 Å². The van der Waals surface area contributed by atoms with Gasteiger partial charge in [-0.05, 0) is 5.56 Å². The summed E-state index contributed by atoms with van der Waals surface area (Å²) < 4.78 is 5.27. The van der Waals surface area contributed by atoms with Crippen molar-refractivity contribution in [2.24, 2.45) is 0 Å². The lowest BCUT2D eigenvalue weighted by atomic mass is 10.0. The first-order chi connectivity index (χ1) is 8.40. The Hall–Kier alpha value is -1.41. The standard InChI is InChI=1S/C13H17N3O/c14-10-13(12-4-2-1-3-5-12)11-15-16-6-8-17-9-7-16/h1-5,13,15H,6-9,11H2. The molecule has 1 aromatic rings. The minimum atomic E-state index is -0.0981. The zero-order valence-corrected chi connectivity index (χ0v) is 9.80. The fourth-order valence-electron chi connectivity index (χ4n) is 1.87. The van der Waals surface area contributed by atoms with E-state index in [-0.39, 0.29) is 5.92 Å². The van der Waals surface area contributed by atoms with Crippen molar-refractivity contribution in [1.29, 1.82) is 5.26 Å². The van der Waals surface area contributed by atoms with Crippen molar-refractivity contribution in [1.82, 2.24) is 10.4 Å². The average Bonchev–Trinajstić information content (AvgIpc) is 2.42. The predicted molar refractivity (Wildman–Crippen MR) is 65.2 cm³/mol. The highest BCUT2D eigenvalue weighted by molar-refractivity contribution is 5.24. The highest BCUT2D eigenvalue weighted by Crippen LogP contribution is 2.13. The molecule has 17 heavy (non-hydrogen) atoms. The van der Waals surface area contributed by atoms with Gasteiger partial charge in [0.2, 0.25) is 0 Å². The molecule has 0 aromatic heterocycles. The second-order valence-corrected chi connectivity index (χ2v) is 4.05. The number of nitrogens with zero attached hydrogens (tertiary/aromatic N) is 2. The number of nitriles is 1. The van der Waals surface area contributed by atoms with Gasteiger partial charge >= 0.3 is 0 Å². The minimum Gasteiger partial charge on any atom is -0.379 e. The van der Waals surface area contributed by atoms with Crippen molar-refractivity contribution in [3.8, 4) is 6.07 Å². The van der Waals surface area contributed by atoms with Crippen LogP contribution in [0.2, 0.25) is 0 Å². The van der Waals surface area contributed by atoms with Gasteiger partial charge < -0.3 is 4.74 Å². The van der Waals surface area contributed by atoms with Crippen LogP contribution in [-0.4, -0.2) is 37.9 Å². The van der Waals surface area contributed by atoms with E-state index >= 15 is 0 Å². The van der Waals surface area contributed by atoms with Crippen molar-refractivity contribution in [3.05, 3.63) is 35.9 Å². The molecule has 1 aromatic carbocycles. The average molecular weight is 231 g/mol. The van der Waals surface area contributed by atoms with Crippen LogP contribution in [0, 0.1) is 11.3 Å². The van der Waals surface area contributed by atoms with Crippen molar-refractivity contribution in [2.75, 3.05) is 32.8 Å². The number of hydrazine groups is 1. The lowest BCUT2D eigenvalue weighted by molar-refractivity contribution is 0.0118. The zero-order valence-electron chi connectivity index (χ0n) is 9.80. The summed E-state index contributed by atoms with van der Waals surface area (Å²) in [6.45, 7) is 3.94. The maximum absolute atomic E-state index is 9.18. The van der Waals surface area contributed by atoms with E-state index in [1.54, 1.807) is 0 Å². The minimum absolute atomic E-state index is 0.0981. The van der Waals surface area contributed by atoms with E-state index in [1.165, 1.54) is 0 Å². The van der Waals surface area contributed by atoms with E-state index in [4.69, 9.17) is 4.74 Å². The fourth-order valence-corrected chi connectivity index (χ4v) is 1.87. The molecule has 1 fully saturated rings. The molecule has 1 aliphatic rings. The number of benzene rings is 1. The second-order valence-electron chi connectivity index (χ2n) is 4.05. The molecule has 1 aliphatic heterocycles. The maximum atomic E-state index is 9.18. The van der Waals surface area contributed by atoms with Gasteiger partial charge in [0, 0.05) is 19.6 Å². The van der Waals surface area contributed by atoms with E-state index in [1.807, 2.05) is 30.3 Å². The first-order valence-corrected chi connectivity index (χ1v) is 5.91. The smallest absolute Gasteiger partial charge is 0.0851 e. The van der Waals surface area contributed by atoms with E-state index in [0.29, 0.717) is 6.54 Å². The fraction of sp³-hybridized carbons (Fsp3) is 0.462. The molecule has 0 aliphatic carbocycles. The third-order valence-electron chi connectivity index (χ3n) is 2.89. The Morgan fingerprint density at radius 1 is 1.29 bits per heavy atom. The molecule has 1 heterocycles. The van der Waals surface area contributed by atoms with Crippen LogP contribution in [-0.2, 0) is 4.74 Å². The summed E-state index contributed by atoms with van der Waals surface area (Å²) in [5.74, 6) is -0.0981. The molecular formula is C13H17N3O. The van der Waals surface area contributed by atoms with Crippen molar-refractivity contribution in [2.45, 2.75) is 5.92 Å². The first kappa shape index (κ1) is 12.1. The first-order valence-electron chi connectivity index (χ1n) is 5.91. The van der Waals surface area contributed by atoms with Crippen LogP contribution in [0.15, 0.2) is 30.3 Å². The summed E-state index contributed by atoms with van der Waals surface area (Å²) in [5.41, 5.74) is 4.37. The topological polar surface area (TPSA) is 48.3 Å². The molecule has 4 nitrogen and oxygen atoms in total. The molecule has 1 N–H and O–H groups in total. The molecule has 0 spiro atoms. The van der Waals surface area contributed by atoms with Gasteiger partial charge in [0.15, 0.2) is 0 Å². The monoisotopic (exact) mass is 231 g/mol. The van der Waals surface area contributed by atoms with Crippen LogP contribution in [0.5, 0.6) is 0 Å². The number of nitrogens with one attached hydrogen (secondary N) is 1. The van der Waals surface area contributed by atoms with Gasteiger partial charge in [-0.15, -0.1) is 0 Å². The summed E-state index contributed by atoms with van der Waals surface area (Å²) >= 11 is 0. The molecule has 2 rings (SSSR count). The molecule has 0 radical (unpaired) electrons. The Morgan fingerprint density at radius 3 is 2.65 bits per heavy atom. The van der Waals surface area contributed by atoms with Crippen LogP contribution in [0.3, 0.4) is 0 Å². The normalized spacial score (nSPS) is 18.5. The summed E-state index contributed by atoms with van der Waals surface area (Å²) in [5, 5.41) is 11.3. The van der Waals surface area contributed by atoms with Gasteiger partial charge in [-0.1, -0.05) is 30.3 Å². The van der Waals surface area contributed by atoms with Crippen LogP contribution < -0.4 is 5.43 Å². The number of hydrogen-bond donors (Lipinski definition) is 1. The van der Waals surface area contributed by atoms with Crippen LogP contribution >= 0.6 is 0 Å². The molecule has 4 heteroatoms. The Bertz CT molecular complexity index is 368. The highest BCUT2D eigenvalue weighted by Gasteiger charge is 2.14. The van der Waals surface area contributed by atoms with Gasteiger partial charge in [0.25, 0.3) is 0 Å². The molecule has 1 saturated heterocycles. The van der Waals surface area contributed by atoms with E-state index in [9.17, 15) is 5.26 Å². The number of ether oxygens (including phenoxy) is 1.